The number of rotatable bonds is 5. The molecule has 1 aliphatic rings. The maximum Gasteiger partial charge on any atom is 0.329 e. The van der Waals surface area contributed by atoms with E-state index in [9.17, 15) is 9.59 Å². The average molecular weight is 391 g/mol. The summed E-state index contributed by atoms with van der Waals surface area (Å²) >= 11 is 12.2. The van der Waals surface area contributed by atoms with Crippen LogP contribution in [0.25, 0.3) is 6.08 Å². The minimum absolute atomic E-state index is 0.0928. The monoisotopic (exact) mass is 390 g/mol. The number of carbonyl (C=O) groups excluding carboxylic acids is 2. The van der Waals surface area contributed by atoms with E-state index in [-0.39, 0.29) is 12.2 Å². The molecule has 1 aliphatic heterocycles. The maximum atomic E-state index is 12.6. The molecule has 3 rings (SSSR count). The standard InChI is InChI=1S/C19H16Cl2N2O3/c1-2-26-17-8-7-14(20)9-13(17)10-16-18(24)23(19(25)22-16)11-12-5-3-4-6-15(12)21/h3-10H,2,11H2,1H3,(H,22,25)/b16-10-. The highest BCUT2D eigenvalue weighted by Crippen LogP contribution is 2.27. The van der Waals surface area contributed by atoms with Crippen molar-refractivity contribution in [1.82, 2.24) is 10.2 Å². The van der Waals surface area contributed by atoms with E-state index in [1.807, 2.05) is 6.92 Å². The van der Waals surface area contributed by atoms with Crippen LogP contribution in [0.5, 0.6) is 5.75 Å². The van der Waals surface area contributed by atoms with Crippen molar-refractivity contribution >= 4 is 41.2 Å². The van der Waals surface area contributed by atoms with Crippen molar-refractivity contribution in [2.75, 3.05) is 6.61 Å². The highest BCUT2D eigenvalue weighted by Gasteiger charge is 2.34. The lowest BCUT2D eigenvalue weighted by Crippen LogP contribution is -2.30. The molecule has 0 bridgehead atoms. The quantitative estimate of drug-likeness (QED) is 0.604. The van der Waals surface area contributed by atoms with Crippen molar-refractivity contribution < 1.29 is 14.3 Å². The van der Waals surface area contributed by atoms with E-state index in [0.717, 1.165) is 4.90 Å². The molecule has 1 saturated heterocycles. The lowest BCUT2D eigenvalue weighted by molar-refractivity contribution is -0.123. The average Bonchev–Trinajstić information content (AvgIpc) is 2.87. The SMILES string of the molecule is CCOc1ccc(Cl)cc1/C=C1\NC(=O)N(Cc2ccccc2Cl)C1=O. The molecule has 5 nitrogen and oxygen atoms in total. The van der Waals surface area contributed by atoms with Crippen molar-refractivity contribution in [1.29, 1.82) is 0 Å². The van der Waals surface area contributed by atoms with E-state index < -0.39 is 11.9 Å². The summed E-state index contributed by atoms with van der Waals surface area (Å²) < 4.78 is 5.54. The molecule has 1 fully saturated rings. The fourth-order valence-corrected chi connectivity index (χ4v) is 2.96. The van der Waals surface area contributed by atoms with Crippen molar-refractivity contribution in [3.05, 3.63) is 69.3 Å². The first-order chi connectivity index (χ1) is 12.5. The number of nitrogens with one attached hydrogen (secondary N) is 1. The smallest absolute Gasteiger partial charge is 0.329 e. The first-order valence-electron chi connectivity index (χ1n) is 8.00. The fourth-order valence-electron chi connectivity index (χ4n) is 2.59. The molecule has 1 N–H and O–H groups in total. The molecular formula is C19H16Cl2N2O3. The lowest BCUT2D eigenvalue weighted by Gasteiger charge is -2.12. The minimum atomic E-state index is -0.499. The Kier molecular flexibility index (Phi) is 5.49. The van der Waals surface area contributed by atoms with Crippen molar-refractivity contribution in [2.24, 2.45) is 0 Å². The van der Waals surface area contributed by atoms with Gasteiger partial charge in [-0.25, -0.2) is 4.79 Å². The van der Waals surface area contributed by atoms with Crippen LogP contribution in [0.15, 0.2) is 48.2 Å². The van der Waals surface area contributed by atoms with Crippen LogP contribution in [0.1, 0.15) is 18.1 Å². The maximum absolute atomic E-state index is 12.6. The zero-order valence-corrected chi connectivity index (χ0v) is 15.5. The van der Waals surface area contributed by atoms with Gasteiger partial charge in [-0.1, -0.05) is 41.4 Å². The van der Waals surface area contributed by atoms with E-state index >= 15 is 0 Å². The van der Waals surface area contributed by atoms with Crippen LogP contribution < -0.4 is 10.1 Å². The number of carbonyl (C=O) groups is 2. The van der Waals surface area contributed by atoms with E-state index in [1.54, 1.807) is 48.5 Å². The van der Waals surface area contributed by atoms with E-state index in [4.69, 9.17) is 27.9 Å². The third-order valence-electron chi connectivity index (χ3n) is 3.82. The van der Waals surface area contributed by atoms with Crippen LogP contribution in [0.3, 0.4) is 0 Å². The lowest BCUT2D eigenvalue weighted by atomic mass is 10.1. The largest absolute Gasteiger partial charge is 0.493 e. The van der Waals surface area contributed by atoms with Gasteiger partial charge in [-0.3, -0.25) is 9.69 Å². The molecule has 0 unspecified atom stereocenters. The summed E-state index contributed by atoms with van der Waals surface area (Å²) in [6.45, 7) is 2.42. The summed E-state index contributed by atoms with van der Waals surface area (Å²) in [4.78, 5) is 26.0. The van der Waals surface area contributed by atoms with Gasteiger partial charge in [-0.05, 0) is 42.8 Å². The van der Waals surface area contributed by atoms with Crippen LogP contribution in [0.2, 0.25) is 10.0 Å². The number of urea groups is 1. The van der Waals surface area contributed by atoms with Crippen LogP contribution in [0, 0.1) is 0 Å². The van der Waals surface area contributed by atoms with Gasteiger partial charge in [0.15, 0.2) is 0 Å². The topological polar surface area (TPSA) is 58.6 Å². The highest BCUT2D eigenvalue weighted by atomic mass is 35.5. The van der Waals surface area contributed by atoms with Gasteiger partial charge in [0.05, 0.1) is 13.2 Å². The molecule has 134 valence electrons. The van der Waals surface area contributed by atoms with Crippen LogP contribution in [0.4, 0.5) is 4.79 Å². The second kappa shape index (κ2) is 7.81. The number of ether oxygens (including phenoxy) is 1. The molecule has 3 amide bonds. The fraction of sp³-hybridized carbons (Fsp3) is 0.158. The highest BCUT2D eigenvalue weighted by molar-refractivity contribution is 6.31. The van der Waals surface area contributed by atoms with E-state index in [0.29, 0.717) is 33.5 Å². The molecule has 7 heteroatoms. The Bertz CT molecular complexity index is 896. The number of hydrogen-bond acceptors (Lipinski definition) is 3. The Morgan fingerprint density at radius 3 is 2.65 bits per heavy atom. The van der Waals surface area contributed by atoms with E-state index in [1.165, 1.54) is 0 Å². The first kappa shape index (κ1) is 18.3. The molecule has 26 heavy (non-hydrogen) atoms. The minimum Gasteiger partial charge on any atom is -0.493 e. The Labute approximate surface area is 161 Å². The number of imide groups is 1. The van der Waals surface area contributed by atoms with Gasteiger partial charge >= 0.3 is 6.03 Å². The molecule has 0 aromatic heterocycles. The Balaban J connectivity index is 1.88. The molecule has 0 saturated carbocycles. The summed E-state index contributed by atoms with van der Waals surface area (Å²) in [5.74, 6) is 0.147. The first-order valence-corrected chi connectivity index (χ1v) is 8.75. The molecule has 0 radical (unpaired) electrons. The molecule has 0 aliphatic carbocycles. The second-order valence-electron chi connectivity index (χ2n) is 5.59. The number of amides is 3. The van der Waals surface area contributed by atoms with Crippen LogP contribution >= 0.6 is 23.2 Å². The summed E-state index contributed by atoms with van der Waals surface area (Å²) in [5.41, 5.74) is 1.46. The predicted octanol–water partition coefficient (Wildman–Crippen LogP) is 4.49. The summed E-state index contributed by atoms with van der Waals surface area (Å²) in [6.07, 6.45) is 1.56. The molecule has 0 spiro atoms. The Morgan fingerprint density at radius 2 is 1.92 bits per heavy atom. The van der Waals surface area contributed by atoms with Gasteiger partial charge in [-0.2, -0.15) is 0 Å². The molecule has 1 heterocycles. The Morgan fingerprint density at radius 1 is 1.15 bits per heavy atom. The van der Waals surface area contributed by atoms with E-state index in [2.05, 4.69) is 5.32 Å². The number of nitrogens with zero attached hydrogens (tertiary/aromatic N) is 1. The van der Waals surface area contributed by atoms with Crippen molar-refractivity contribution in [2.45, 2.75) is 13.5 Å². The van der Waals surface area contributed by atoms with Gasteiger partial charge in [0, 0.05) is 15.6 Å². The zero-order valence-electron chi connectivity index (χ0n) is 14.0. The summed E-state index contributed by atoms with van der Waals surface area (Å²) in [6, 6.07) is 11.7. The summed E-state index contributed by atoms with van der Waals surface area (Å²) in [5, 5.41) is 3.59. The molecule has 2 aromatic rings. The zero-order chi connectivity index (χ0) is 18.7. The number of hydrogen-bond donors (Lipinski definition) is 1. The van der Waals surface area contributed by atoms with Crippen molar-refractivity contribution in [3.63, 3.8) is 0 Å². The molecular weight excluding hydrogens is 375 g/mol. The normalized spacial score (nSPS) is 15.5. The van der Waals surface area contributed by atoms with Gasteiger partial charge in [0.1, 0.15) is 11.4 Å². The van der Waals surface area contributed by atoms with Crippen LogP contribution in [-0.2, 0) is 11.3 Å². The van der Waals surface area contributed by atoms with Gasteiger partial charge < -0.3 is 10.1 Å². The third kappa shape index (κ3) is 3.84. The van der Waals surface area contributed by atoms with Crippen LogP contribution in [-0.4, -0.2) is 23.4 Å². The van der Waals surface area contributed by atoms with Gasteiger partial charge in [0.25, 0.3) is 5.91 Å². The Hall–Kier alpha value is -2.50. The predicted molar refractivity (Wildman–Crippen MR) is 101 cm³/mol. The molecule has 0 atom stereocenters. The summed E-state index contributed by atoms with van der Waals surface area (Å²) in [7, 11) is 0. The third-order valence-corrected chi connectivity index (χ3v) is 4.42. The molecule has 2 aromatic carbocycles. The van der Waals surface area contributed by atoms with Gasteiger partial charge in [-0.15, -0.1) is 0 Å². The number of halogens is 2. The number of benzene rings is 2. The second-order valence-corrected chi connectivity index (χ2v) is 6.43. The van der Waals surface area contributed by atoms with Gasteiger partial charge in [0.2, 0.25) is 0 Å². The van der Waals surface area contributed by atoms with Crippen molar-refractivity contribution in [3.8, 4) is 5.75 Å².